The third-order valence-electron chi connectivity index (χ3n) is 3.89. The van der Waals surface area contributed by atoms with Gasteiger partial charge in [-0.2, -0.15) is 0 Å². The zero-order valence-corrected chi connectivity index (χ0v) is 12.2. The molecule has 1 aliphatic heterocycles. The van der Waals surface area contributed by atoms with Crippen LogP contribution in [0.25, 0.3) is 0 Å². The summed E-state index contributed by atoms with van der Waals surface area (Å²) in [6.07, 6.45) is 0. The molecule has 1 fully saturated rings. The molecule has 1 aromatic rings. The minimum Gasteiger partial charge on any atom is -0.497 e. The van der Waals surface area contributed by atoms with E-state index in [4.69, 9.17) is 15.7 Å². The first-order valence-corrected chi connectivity index (χ1v) is 6.68. The highest BCUT2D eigenvalue weighted by atomic mass is 16.5. The van der Waals surface area contributed by atoms with Gasteiger partial charge in [0.05, 0.1) is 12.8 Å². The van der Waals surface area contributed by atoms with Crippen LogP contribution in [0.4, 0.5) is 5.69 Å². The molecule has 0 bridgehead atoms. The molecule has 6 heteroatoms. The second-order valence-electron chi connectivity index (χ2n) is 5.14. The number of oxime groups is 1. The molecule has 20 heavy (non-hydrogen) atoms. The molecule has 1 atom stereocenters. The van der Waals surface area contributed by atoms with E-state index in [1.165, 1.54) is 0 Å². The van der Waals surface area contributed by atoms with Crippen molar-refractivity contribution in [3.05, 3.63) is 23.8 Å². The molecule has 1 heterocycles. The highest BCUT2D eigenvalue weighted by molar-refractivity contribution is 6.02. The maximum absolute atomic E-state index is 8.94. The lowest BCUT2D eigenvalue weighted by atomic mass is 10.1. The van der Waals surface area contributed by atoms with Crippen molar-refractivity contribution in [2.75, 3.05) is 38.7 Å². The van der Waals surface area contributed by atoms with Crippen LogP contribution >= 0.6 is 0 Å². The summed E-state index contributed by atoms with van der Waals surface area (Å²) in [5.74, 6) is 0.885. The lowest BCUT2D eigenvalue weighted by molar-refractivity contribution is 0.234. The first-order chi connectivity index (χ1) is 9.56. The number of piperazine rings is 1. The molecule has 0 radical (unpaired) electrons. The van der Waals surface area contributed by atoms with E-state index >= 15 is 0 Å². The van der Waals surface area contributed by atoms with Crippen LogP contribution in [0.5, 0.6) is 5.75 Å². The Bertz CT molecular complexity index is 504. The Morgan fingerprint density at radius 2 is 2.20 bits per heavy atom. The largest absolute Gasteiger partial charge is 0.497 e. The fourth-order valence-electron chi connectivity index (χ4n) is 2.44. The van der Waals surface area contributed by atoms with Crippen molar-refractivity contribution in [1.29, 1.82) is 0 Å². The number of anilines is 1. The predicted molar refractivity (Wildman–Crippen MR) is 79.8 cm³/mol. The molecule has 0 aromatic heterocycles. The summed E-state index contributed by atoms with van der Waals surface area (Å²) in [7, 11) is 3.76. The second kappa shape index (κ2) is 6.00. The maximum atomic E-state index is 8.94. The van der Waals surface area contributed by atoms with Gasteiger partial charge in [-0.1, -0.05) is 5.16 Å². The smallest absolute Gasteiger partial charge is 0.172 e. The number of methoxy groups -OCH3 is 1. The zero-order chi connectivity index (χ0) is 14.7. The Hall–Kier alpha value is -1.95. The number of hydrogen-bond acceptors (Lipinski definition) is 5. The Morgan fingerprint density at radius 1 is 1.45 bits per heavy atom. The summed E-state index contributed by atoms with van der Waals surface area (Å²) in [6, 6.07) is 6.03. The van der Waals surface area contributed by atoms with E-state index in [1.54, 1.807) is 7.11 Å². The van der Waals surface area contributed by atoms with Crippen LogP contribution in [0.15, 0.2) is 23.4 Å². The average molecular weight is 278 g/mol. The van der Waals surface area contributed by atoms with Crippen LogP contribution < -0.4 is 15.4 Å². The molecular formula is C14H22N4O2. The average Bonchev–Trinajstić information content (AvgIpc) is 2.48. The van der Waals surface area contributed by atoms with Crippen LogP contribution in [0.1, 0.15) is 12.5 Å². The van der Waals surface area contributed by atoms with Gasteiger partial charge in [-0.25, -0.2) is 0 Å². The molecule has 6 nitrogen and oxygen atoms in total. The summed E-state index contributed by atoms with van der Waals surface area (Å²) < 4.78 is 5.28. The Labute approximate surface area is 119 Å². The minimum absolute atomic E-state index is 0.120. The lowest BCUT2D eigenvalue weighted by Gasteiger charge is -2.39. The third kappa shape index (κ3) is 2.80. The van der Waals surface area contributed by atoms with Crippen LogP contribution in [0.3, 0.4) is 0 Å². The number of amidine groups is 1. The Morgan fingerprint density at radius 3 is 2.80 bits per heavy atom. The van der Waals surface area contributed by atoms with E-state index in [1.807, 2.05) is 18.2 Å². The molecule has 0 saturated carbocycles. The van der Waals surface area contributed by atoms with Gasteiger partial charge < -0.3 is 25.5 Å². The highest BCUT2D eigenvalue weighted by Gasteiger charge is 2.23. The Balaban J connectivity index is 2.37. The minimum atomic E-state index is 0.120. The van der Waals surface area contributed by atoms with Gasteiger partial charge in [-0.15, -0.1) is 0 Å². The summed E-state index contributed by atoms with van der Waals surface area (Å²) in [5, 5.41) is 12.1. The van der Waals surface area contributed by atoms with Crippen molar-refractivity contribution in [2.24, 2.45) is 10.9 Å². The van der Waals surface area contributed by atoms with E-state index in [-0.39, 0.29) is 5.84 Å². The zero-order valence-electron chi connectivity index (χ0n) is 12.2. The fourth-order valence-corrected chi connectivity index (χ4v) is 2.44. The topological polar surface area (TPSA) is 74.3 Å². The Kier molecular flexibility index (Phi) is 4.34. The van der Waals surface area contributed by atoms with E-state index in [0.29, 0.717) is 6.04 Å². The van der Waals surface area contributed by atoms with Gasteiger partial charge in [0.15, 0.2) is 5.84 Å². The molecule has 1 unspecified atom stereocenters. The van der Waals surface area contributed by atoms with E-state index in [9.17, 15) is 0 Å². The van der Waals surface area contributed by atoms with Gasteiger partial charge in [0.1, 0.15) is 5.75 Å². The van der Waals surface area contributed by atoms with Crippen molar-refractivity contribution >= 4 is 11.5 Å². The predicted octanol–water partition coefficient (Wildman–Crippen LogP) is 0.930. The van der Waals surface area contributed by atoms with E-state index in [0.717, 1.165) is 36.6 Å². The molecule has 0 aliphatic carbocycles. The van der Waals surface area contributed by atoms with Crippen molar-refractivity contribution in [1.82, 2.24) is 4.90 Å². The molecule has 1 aliphatic rings. The number of ether oxygens (including phenoxy) is 1. The van der Waals surface area contributed by atoms with E-state index in [2.05, 4.69) is 28.9 Å². The van der Waals surface area contributed by atoms with Crippen molar-refractivity contribution in [3.63, 3.8) is 0 Å². The van der Waals surface area contributed by atoms with Gasteiger partial charge in [0, 0.05) is 37.3 Å². The van der Waals surface area contributed by atoms with Gasteiger partial charge in [0.25, 0.3) is 0 Å². The summed E-state index contributed by atoms with van der Waals surface area (Å²) in [6.45, 7) is 4.97. The molecule has 1 aromatic carbocycles. The number of likely N-dealkylation sites (N-methyl/N-ethyl adjacent to an activating group) is 1. The van der Waals surface area contributed by atoms with Crippen molar-refractivity contribution < 1.29 is 9.94 Å². The van der Waals surface area contributed by atoms with Crippen LogP contribution in [0, 0.1) is 0 Å². The first kappa shape index (κ1) is 14.5. The maximum Gasteiger partial charge on any atom is 0.172 e. The van der Waals surface area contributed by atoms with Gasteiger partial charge in [0.2, 0.25) is 0 Å². The van der Waals surface area contributed by atoms with Crippen LogP contribution in [-0.2, 0) is 0 Å². The molecule has 2 rings (SSSR count). The summed E-state index contributed by atoms with van der Waals surface area (Å²) >= 11 is 0. The molecule has 1 saturated heterocycles. The third-order valence-corrected chi connectivity index (χ3v) is 3.89. The monoisotopic (exact) mass is 278 g/mol. The number of nitrogens with zero attached hydrogens (tertiary/aromatic N) is 3. The summed E-state index contributed by atoms with van der Waals surface area (Å²) in [5.41, 5.74) is 7.45. The SMILES string of the molecule is COc1ccc(/C(N)=N/O)c(N2CCN(C)C(C)C2)c1. The van der Waals surface area contributed by atoms with Crippen molar-refractivity contribution in [2.45, 2.75) is 13.0 Å². The lowest BCUT2D eigenvalue weighted by Crippen LogP contribution is -2.50. The van der Waals surface area contributed by atoms with Gasteiger partial charge >= 0.3 is 0 Å². The number of benzene rings is 1. The molecule has 110 valence electrons. The second-order valence-corrected chi connectivity index (χ2v) is 5.14. The summed E-state index contributed by atoms with van der Waals surface area (Å²) in [4.78, 5) is 4.57. The number of rotatable bonds is 3. The highest BCUT2D eigenvalue weighted by Crippen LogP contribution is 2.28. The number of nitrogens with two attached hydrogens (primary N) is 1. The fraction of sp³-hybridized carbons (Fsp3) is 0.500. The van der Waals surface area contributed by atoms with Crippen LogP contribution in [0.2, 0.25) is 0 Å². The van der Waals surface area contributed by atoms with E-state index < -0.39 is 0 Å². The normalized spacial score (nSPS) is 21.1. The number of hydrogen-bond donors (Lipinski definition) is 2. The molecular weight excluding hydrogens is 256 g/mol. The standard InChI is InChI=1S/C14H22N4O2/c1-10-9-18(7-6-17(10)2)13-8-11(20-3)4-5-12(13)14(15)16-19/h4-5,8,10,19H,6-7,9H2,1-3H3,(H2,15,16). The van der Waals surface area contributed by atoms with Gasteiger partial charge in [-0.05, 0) is 26.1 Å². The van der Waals surface area contributed by atoms with Crippen LogP contribution in [-0.4, -0.2) is 55.8 Å². The quantitative estimate of drug-likeness (QED) is 0.372. The molecule has 0 amide bonds. The molecule has 0 spiro atoms. The van der Waals surface area contributed by atoms with Crippen molar-refractivity contribution in [3.8, 4) is 5.75 Å². The first-order valence-electron chi connectivity index (χ1n) is 6.68. The van der Waals surface area contributed by atoms with Gasteiger partial charge in [-0.3, -0.25) is 0 Å². The molecule has 3 N–H and O–H groups in total.